The van der Waals surface area contributed by atoms with Crippen LogP contribution in [0.2, 0.25) is 0 Å². The summed E-state index contributed by atoms with van der Waals surface area (Å²) in [6, 6.07) is 5.35. The summed E-state index contributed by atoms with van der Waals surface area (Å²) in [7, 11) is 1.55. The van der Waals surface area contributed by atoms with Gasteiger partial charge in [-0.1, -0.05) is 24.3 Å². The minimum atomic E-state index is -0.617. The van der Waals surface area contributed by atoms with Gasteiger partial charge in [-0.15, -0.1) is 0 Å². The number of nitrogens with zero attached hydrogens (tertiary/aromatic N) is 2. The zero-order valence-corrected chi connectivity index (χ0v) is 18.8. The fourth-order valence-corrected chi connectivity index (χ4v) is 3.55. The van der Waals surface area contributed by atoms with Crippen LogP contribution in [0.4, 0.5) is 4.79 Å². The Balaban J connectivity index is 1.72. The van der Waals surface area contributed by atoms with Crippen molar-refractivity contribution in [3.63, 3.8) is 0 Å². The summed E-state index contributed by atoms with van der Waals surface area (Å²) in [6.07, 6.45) is 5.37. The molecule has 9 heteroatoms. The molecule has 1 fully saturated rings. The van der Waals surface area contributed by atoms with E-state index in [0.29, 0.717) is 18.7 Å². The average molecular weight is 443 g/mol. The molecule has 3 rings (SSSR count). The summed E-state index contributed by atoms with van der Waals surface area (Å²) < 4.78 is 16.6. The number of benzene rings is 1. The van der Waals surface area contributed by atoms with E-state index >= 15 is 0 Å². The van der Waals surface area contributed by atoms with Gasteiger partial charge in [0.25, 0.3) is 0 Å². The number of alkyl carbamates (subject to hydrolysis) is 1. The number of methoxy groups -OCH3 is 1. The number of aromatic nitrogens is 2. The summed E-state index contributed by atoms with van der Waals surface area (Å²) in [4.78, 5) is 32.6. The summed E-state index contributed by atoms with van der Waals surface area (Å²) >= 11 is 0. The van der Waals surface area contributed by atoms with Crippen LogP contribution >= 0.6 is 0 Å². The maximum atomic E-state index is 12.2. The number of carbonyl (C=O) groups excluding carboxylic acids is 2. The number of ether oxygens (including phenoxy) is 3. The van der Waals surface area contributed by atoms with Crippen LogP contribution in [-0.4, -0.2) is 52.9 Å². The van der Waals surface area contributed by atoms with Crippen LogP contribution in [0.5, 0.6) is 5.88 Å². The highest BCUT2D eigenvalue weighted by Crippen LogP contribution is 2.25. The van der Waals surface area contributed by atoms with Gasteiger partial charge in [-0.2, -0.15) is 0 Å². The monoisotopic (exact) mass is 442 g/mol. The van der Waals surface area contributed by atoms with Gasteiger partial charge in [0.2, 0.25) is 11.8 Å². The van der Waals surface area contributed by atoms with Gasteiger partial charge in [0.05, 0.1) is 49.0 Å². The molecule has 172 valence electrons. The average Bonchev–Trinajstić information content (AvgIpc) is 2.71. The molecule has 0 spiro atoms. The Morgan fingerprint density at radius 1 is 1.31 bits per heavy atom. The van der Waals surface area contributed by atoms with E-state index in [1.54, 1.807) is 34.1 Å². The van der Waals surface area contributed by atoms with Crippen molar-refractivity contribution >= 4 is 29.1 Å². The minimum absolute atomic E-state index is 0.00173. The van der Waals surface area contributed by atoms with Gasteiger partial charge in [0.15, 0.2) is 0 Å². The molecule has 0 aliphatic carbocycles. The smallest absolute Gasteiger partial charge is 0.407 e. The van der Waals surface area contributed by atoms with Crippen molar-refractivity contribution in [3.8, 4) is 5.88 Å². The number of amides is 2. The van der Waals surface area contributed by atoms with Gasteiger partial charge in [0.1, 0.15) is 5.60 Å². The molecule has 1 aliphatic rings. The van der Waals surface area contributed by atoms with Gasteiger partial charge >= 0.3 is 6.09 Å². The van der Waals surface area contributed by atoms with Gasteiger partial charge < -0.3 is 25.3 Å². The summed E-state index contributed by atoms with van der Waals surface area (Å²) in [5.74, 6) is -0.0584. The molecule has 32 heavy (non-hydrogen) atoms. The second-order valence-corrected chi connectivity index (χ2v) is 8.70. The van der Waals surface area contributed by atoms with Crippen LogP contribution in [-0.2, 0) is 14.3 Å². The lowest BCUT2D eigenvalue weighted by atomic mass is 9.95. The number of para-hydroxylation sites is 1. The second-order valence-electron chi connectivity index (χ2n) is 8.70. The third-order valence-corrected chi connectivity index (χ3v) is 4.95. The number of rotatable bonds is 6. The van der Waals surface area contributed by atoms with Crippen LogP contribution in [0.3, 0.4) is 0 Å². The Hall–Kier alpha value is -3.20. The SMILES string of the molecule is COc1cnc2cccc(/C=C/[C@@H]3CC[C@@H](NC(=O)OC(C)(C)C)[C@@H](CC(N)=O)O3)c2n1. The van der Waals surface area contributed by atoms with E-state index in [1.807, 2.05) is 30.4 Å². The maximum absolute atomic E-state index is 12.2. The molecule has 2 heterocycles. The highest BCUT2D eigenvalue weighted by Gasteiger charge is 2.33. The first-order valence-corrected chi connectivity index (χ1v) is 10.6. The molecule has 3 N–H and O–H groups in total. The minimum Gasteiger partial charge on any atom is -0.480 e. The number of hydrogen-bond donors (Lipinski definition) is 2. The molecule has 1 aliphatic heterocycles. The third kappa shape index (κ3) is 6.40. The number of fused-ring (bicyclic) bond motifs is 1. The number of hydrogen-bond acceptors (Lipinski definition) is 7. The van der Waals surface area contributed by atoms with Gasteiger partial charge in [-0.05, 0) is 39.7 Å². The van der Waals surface area contributed by atoms with Crippen molar-refractivity contribution < 1.29 is 23.8 Å². The van der Waals surface area contributed by atoms with Crippen LogP contribution < -0.4 is 15.8 Å². The van der Waals surface area contributed by atoms with Gasteiger partial charge in [-0.25, -0.2) is 14.8 Å². The fourth-order valence-electron chi connectivity index (χ4n) is 3.55. The lowest BCUT2D eigenvalue weighted by molar-refractivity contribution is -0.124. The van der Waals surface area contributed by atoms with Crippen molar-refractivity contribution in [1.29, 1.82) is 0 Å². The van der Waals surface area contributed by atoms with E-state index < -0.39 is 23.7 Å². The first-order chi connectivity index (χ1) is 15.1. The zero-order valence-electron chi connectivity index (χ0n) is 18.8. The fraction of sp³-hybridized carbons (Fsp3) is 0.478. The normalized spacial score (nSPS) is 21.4. The Bertz CT molecular complexity index is 1000. The van der Waals surface area contributed by atoms with E-state index in [1.165, 1.54) is 0 Å². The maximum Gasteiger partial charge on any atom is 0.407 e. The molecule has 9 nitrogen and oxygen atoms in total. The summed E-state index contributed by atoms with van der Waals surface area (Å²) in [6.45, 7) is 5.37. The Labute approximate surface area is 187 Å². The Morgan fingerprint density at radius 3 is 2.78 bits per heavy atom. The Kier molecular flexibility index (Phi) is 7.29. The highest BCUT2D eigenvalue weighted by molar-refractivity contribution is 5.84. The van der Waals surface area contributed by atoms with Gasteiger partial charge in [0, 0.05) is 5.56 Å². The van der Waals surface area contributed by atoms with Crippen molar-refractivity contribution in [2.45, 2.75) is 63.9 Å². The summed E-state index contributed by atoms with van der Waals surface area (Å²) in [5, 5.41) is 2.81. The molecule has 0 bridgehead atoms. The first kappa shape index (κ1) is 23.5. The van der Waals surface area contributed by atoms with E-state index in [0.717, 1.165) is 16.6 Å². The molecule has 0 unspecified atom stereocenters. The predicted molar refractivity (Wildman–Crippen MR) is 120 cm³/mol. The van der Waals surface area contributed by atoms with Crippen molar-refractivity contribution in [1.82, 2.24) is 15.3 Å². The molecule has 1 saturated heterocycles. The molecule has 2 amide bonds. The van der Waals surface area contributed by atoms with Crippen molar-refractivity contribution in [2.75, 3.05) is 7.11 Å². The number of nitrogens with one attached hydrogen (secondary N) is 1. The van der Waals surface area contributed by atoms with E-state index in [9.17, 15) is 9.59 Å². The van der Waals surface area contributed by atoms with E-state index in [4.69, 9.17) is 19.9 Å². The third-order valence-electron chi connectivity index (χ3n) is 4.95. The highest BCUT2D eigenvalue weighted by atomic mass is 16.6. The molecular weight excluding hydrogens is 412 g/mol. The van der Waals surface area contributed by atoms with Crippen LogP contribution in [0, 0.1) is 0 Å². The van der Waals surface area contributed by atoms with E-state index in [-0.39, 0.29) is 18.6 Å². The summed E-state index contributed by atoms with van der Waals surface area (Å²) in [5.41, 5.74) is 7.14. The lowest BCUT2D eigenvalue weighted by Gasteiger charge is -2.36. The van der Waals surface area contributed by atoms with Crippen molar-refractivity contribution in [3.05, 3.63) is 36.0 Å². The molecule has 2 aromatic rings. The topological polar surface area (TPSA) is 126 Å². The van der Waals surface area contributed by atoms with Crippen LogP contribution in [0.25, 0.3) is 17.1 Å². The van der Waals surface area contributed by atoms with Crippen LogP contribution in [0.1, 0.15) is 45.6 Å². The second kappa shape index (κ2) is 9.95. The lowest BCUT2D eigenvalue weighted by Crippen LogP contribution is -2.51. The predicted octanol–water partition coefficient (Wildman–Crippen LogP) is 2.97. The van der Waals surface area contributed by atoms with Gasteiger partial charge in [-0.3, -0.25) is 4.79 Å². The largest absolute Gasteiger partial charge is 0.480 e. The number of nitrogens with two attached hydrogens (primary N) is 1. The Morgan fingerprint density at radius 2 is 2.09 bits per heavy atom. The molecule has 0 saturated carbocycles. The van der Waals surface area contributed by atoms with E-state index in [2.05, 4.69) is 15.3 Å². The molecule has 1 aromatic carbocycles. The number of primary amides is 1. The molecule has 1 aromatic heterocycles. The molecular formula is C23H30N4O5. The standard InChI is InChI=1S/C23H30N4O5/c1-23(2,3)32-22(29)26-16-11-10-15(31-18(16)12-19(24)28)9-8-14-6-5-7-17-21(14)27-20(30-4)13-25-17/h5-9,13,15-16,18H,10-12H2,1-4H3,(H2,24,28)(H,26,29)/b9-8+/t15-,16-,18-/m1/s1. The zero-order chi connectivity index (χ0) is 23.3. The molecule has 3 atom stereocenters. The van der Waals surface area contributed by atoms with Crippen molar-refractivity contribution in [2.24, 2.45) is 5.73 Å². The molecule has 0 radical (unpaired) electrons. The first-order valence-electron chi connectivity index (χ1n) is 10.6. The van der Waals surface area contributed by atoms with Crippen LogP contribution in [0.15, 0.2) is 30.5 Å². The number of carbonyl (C=O) groups is 2. The quantitative estimate of drug-likeness (QED) is 0.704.